The molecule has 0 unspecified atom stereocenters. The van der Waals surface area contributed by atoms with E-state index in [2.05, 4.69) is 11.3 Å². The van der Waals surface area contributed by atoms with Crippen LogP contribution in [0.15, 0.2) is 36.9 Å². The lowest BCUT2D eigenvalue weighted by Crippen LogP contribution is -2.50. The van der Waals surface area contributed by atoms with E-state index in [1.807, 2.05) is 13.8 Å². The zero-order valence-corrected chi connectivity index (χ0v) is 13.2. The van der Waals surface area contributed by atoms with Crippen LogP contribution >= 0.6 is 0 Å². The summed E-state index contributed by atoms with van der Waals surface area (Å²) in [7, 11) is 1.33. The molecule has 0 fully saturated rings. The summed E-state index contributed by atoms with van der Waals surface area (Å²) in [4.78, 5) is 11.5. The Hall–Kier alpha value is -1.65. The molecular weight excluding hydrogens is 268 g/mol. The van der Waals surface area contributed by atoms with Crippen LogP contribution in [0.3, 0.4) is 0 Å². The van der Waals surface area contributed by atoms with Crippen molar-refractivity contribution in [1.82, 2.24) is 0 Å². The van der Waals surface area contributed by atoms with Crippen LogP contribution in [0, 0.1) is 0 Å². The van der Waals surface area contributed by atoms with Crippen LogP contribution in [0.25, 0.3) is 0 Å². The Bertz CT molecular complexity index is 490. The molecule has 0 saturated heterocycles. The maximum atomic E-state index is 11.5. The minimum atomic E-state index is -1.26. The molecule has 4 heteroatoms. The Morgan fingerprint density at radius 1 is 1.33 bits per heavy atom. The standard InChI is InChI=1S/C17H24O4/c1-6-17(7-2,21-8-3)16(4,19)14-11-9-13(10-12-14)15(18)20-5/h6,9-12,19H,1,7-8H2,2-5H3/t16-,17-/m1/s1. The fourth-order valence-electron chi connectivity index (χ4n) is 2.54. The van der Waals surface area contributed by atoms with Gasteiger partial charge in [-0.3, -0.25) is 0 Å². The van der Waals surface area contributed by atoms with Gasteiger partial charge in [-0.1, -0.05) is 25.1 Å². The van der Waals surface area contributed by atoms with Gasteiger partial charge in [-0.05, 0) is 38.0 Å². The summed E-state index contributed by atoms with van der Waals surface area (Å²) < 4.78 is 10.5. The predicted octanol–water partition coefficient (Wildman–Crippen LogP) is 3.05. The molecule has 0 bridgehead atoms. The third-order valence-electron chi connectivity index (χ3n) is 3.95. The summed E-state index contributed by atoms with van der Waals surface area (Å²) in [6.45, 7) is 9.80. The number of methoxy groups -OCH3 is 1. The lowest BCUT2D eigenvalue weighted by Gasteiger charge is -2.42. The van der Waals surface area contributed by atoms with Crippen molar-refractivity contribution in [2.24, 2.45) is 0 Å². The van der Waals surface area contributed by atoms with Crippen LogP contribution in [0.1, 0.15) is 43.1 Å². The minimum absolute atomic E-state index is 0.406. The van der Waals surface area contributed by atoms with E-state index in [0.717, 1.165) is 0 Å². The topological polar surface area (TPSA) is 55.8 Å². The zero-order valence-electron chi connectivity index (χ0n) is 13.2. The summed E-state index contributed by atoms with van der Waals surface area (Å²) in [6, 6.07) is 6.68. The Labute approximate surface area is 126 Å². The molecule has 1 N–H and O–H groups in total. The van der Waals surface area contributed by atoms with E-state index in [1.54, 1.807) is 37.3 Å². The normalized spacial score (nSPS) is 16.6. The van der Waals surface area contributed by atoms with Crippen LogP contribution in [0.5, 0.6) is 0 Å². The number of esters is 1. The van der Waals surface area contributed by atoms with Gasteiger partial charge in [0.2, 0.25) is 0 Å². The van der Waals surface area contributed by atoms with E-state index < -0.39 is 17.2 Å². The second-order valence-electron chi connectivity index (χ2n) is 5.02. The highest BCUT2D eigenvalue weighted by molar-refractivity contribution is 5.89. The van der Waals surface area contributed by atoms with E-state index in [4.69, 9.17) is 4.74 Å². The summed E-state index contributed by atoms with van der Waals surface area (Å²) in [5.74, 6) is -0.406. The van der Waals surface area contributed by atoms with Gasteiger partial charge < -0.3 is 14.6 Å². The van der Waals surface area contributed by atoms with Crippen LogP contribution in [0.4, 0.5) is 0 Å². The average Bonchev–Trinajstić information content (AvgIpc) is 2.51. The maximum Gasteiger partial charge on any atom is 0.337 e. The molecule has 0 aromatic heterocycles. The molecule has 116 valence electrons. The molecule has 0 aliphatic rings. The number of carbonyl (C=O) groups excluding carboxylic acids is 1. The fourth-order valence-corrected chi connectivity index (χ4v) is 2.54. The molecule has 2 atom stereocenters. The Balaban J connectivity index is 3.22. The van der Waals surface area contributed by atoms with Gasteiger partial charge in [0.25, 0.3) is 0 Å². The van der Waals surface area contributed by atoms with E-state index in [1.165, 1.54) is 7.11 Å². The van der Waals surface area contributed by atoms with Crippen molar-refractivity contribution >= 4 is 5.97 Å². The molecule has 1 aromatic rings. The lowest BCUT2D eigenvalue weighted by molar-refractivity contribution is -0.153. The molecule has 0 spiro atoms. The minimum Gasteiger partial charge on any atom is -0.465 e. The van der Waals surface area contributed by atoms with Crippen molar-refractivity contribution in [3.8, 4) is 0 Å². The Morgan fingerprint density at radius 2 is 1.90 bits per heavy atom. The summed E-state index contributed by atoms with van der Waals surface area (Å²) >= 11 is 0. The molecule has 0 heterocycles. The Kier molecular flexibility index (Phi) is 5.70. The highest BCUT2D eigenvalue weighted by Crippen LogP contribution is 2.39. The molecular formula is C17H24O4. The molecule has 4 nitrogen and oxygen atoms in total. The van der Waals surface area contributed by atoms with Gasteiger partial charge >= 0.3 is 5.97 Å². The first kappa shape index (κ1) is 17.4. The zero-order chi connectivity index (χ0) is 16.1. The molecule has 0 amide bonds. The van der Waals surface area contributed by atoms with E-state index in [0.29, 0.717) is 24.2 Å². The first-order valence-corrected chi connectivity index (χ1v) is 7.07. The van der Waals surface area contributed by atoms with Crippen molar-refractivity contribution in [3.05, 3.63) is 48.0 Å². The molecule has 0 saturated carbocycles. The van der Waals surface area contributed by atoms with E-state index >= 15 is 0 Å². The van der Waals surface area contributed by atoms with Gasteiger partial charge in [0, 0.05) is 6.61 Å². The third-order valence-corrected chi connectivity index (χ3v) is 3.95. The number of carbonyl (C=O) groups is 1. The third kappa shape index (κ3) is 3.17. The van der Waals surface area contributed by atoms with Gasteiger partial charge in [-0.25, -0.2) is 4.79 Å². The van der Waals surface area contributed by atoms with Gasteiger partial charge in [-0.15, -0.1) is 6.58 Å². The highest BCUT2D eigenvalue weighted by atomic mass is 16.5. The number of rotatable bonds is 7. The molecule has 21 heavy (non-hydrogen) atoms. The summed E-state index contributed by atoms with van der Waals surface area (Å²) in [6.07, 6.45) is 2.22. The number of hydrogen-bond donors (Lipinski definition) is 1. The van der Waals surface area contributed by atoms with E-state index in [9.17, 15) is 9.90 Å². The predicted molar refractivity (Wildman–Crippen MR) is 82.2 cm³/mol. The largest absolute Gasteiger partial charge is 0.465 e. The van der Waals surface area contributed by atoms with Crippen LogP contribution < -0.4 is 0 Å². The SMILES string of the molecule is C=C[C@](CC)(OCC)[C@](C)(O)c1ccc(C(=O)OC)cc1. The van der Waals surface area contributed by atoms with Crippen molar-refractivity contribution in [3.63, 3.8) is 0 Å². The lowest BCUT2D eigenvalue weighted by atomic mass is 9.77. The quantitative estimate of drug-likeness (QED) is 0.620. The number of hydrogen-bond acceptors (Lipinski definition) is 4. The van der Waals surface area contributed by atoms with E-state index in [-0.39, 0.29) is 0 Å². The molecule has 0 aliphatic heterocycles. The van der Waals surface area contributed by atoms with Gasteiger partial charge in [-0.2, -0.15) is 0 Å². The molecule has 1 rings (SSSR count). The smallest absolute Gasteiger partial charge is 0.337 e. The van der Waals surface area contributed by atoms with Crippen molar-refractivity contribution in [2.45, 2.75) is 38.4 Å². The molecule has 0 radical (unpaired) electrons. The molecule has 1 aromatic carbocycles. The van der Waals surface area contributed by atoms with Gasteiger partial charge in [0.1, 0.15) is 11.2 Å². The Morgan fingerprint density at radius 3 is 2.29 bits per heavy atom. The maximum absolute atomic E-state index is 11.5. The summed E-state index contributed by atoms with van der Waals surface area (Å²) in [5.41, 5.74) is -1.04. The van der Waals surface area contributed by atoms with Crippen LogP contribution in [-0.2, 0) is 15.1 Å². The number of benzene rings is 1. The first-order valence-electron chi connectivity index (χ1n) is 7.07. The second-order valence-corrected chi connectivity index (χ2v) is 5.02. The molecule has 0 aliphatic carbocycles. The van der Waals surface area contributed by atoms with Crippen LogP contribution in [0.2, 0.25) is 0 Å². The van der Waals surface area contributed by atoms with Crippen LogP contribution in [-0.4, -0.2) is 30.4 Å². The van der Waals surface area contributed by atoms with Crippen molar-refractivity contribution < 1.29 is 19.4 Å². The first-order chi connectivity index (χ1) is 9.88. The average molecular weight is 292 g/mol. The number of ether oxygens (including phenoxy) is 2. The highest BCUT2D eigenvalue weighted by Gasteiger charge is 2.45. The fraction of sp³-hybridized carbons (Fsp3) is 0.471. The van der Waals surface area contributed by atoms with Gasteiger partial charge in [0.15, 0.2) is 0 Å². The summed E-state index contributed by atoms with van der Waals surface area (Å²) in [5, 5.41) is 11.0. The van der Waals surface area contributed by atoms with Crippen molar-refractivity contribution in [1.29, 1.82) is 0 Å². The second kappa shape index (κ2) is 6.87. The monoisotopic (exact) mass is 292 g/mol. The van der Waals surface area contributed by atoms with Crippen molar-refractivity contribution in [2.75, 3.05) is 13.7 Å². The number of aliphatic hydroxyl groups is 1. The van der Waals surface area contributed by atoms with Gasteiger partial charge in [0.05, 0.1) is 12.7 Å².